The Hall–Kier alpha value is -3.35. The van der Waals surface area contributed by atoms with Gasteiger partial charge < -0.3 is 10.1 Å². The van der Waals surface area contributed by atoms with Gasteiger partial charge in [0.25, 0.3) is 0 Å². The first kappa shape index (κ1) is 24.3. The molecule has 2 aromatic carbocycles. The van der Waals surface area contributed by atoms with Crippen LogP contribution in [0, 0.1) is 6.92 Å². The first-order valence-corrected chi connectivity index (χ1v) is 12.5. The van der Waals surface area contributed by atoms with E-state index in [1.165, 1.54) is 0 Å². The highest BCUT2D eigenvalue weighted by atomic mass is 35.5. The second-order valence-electron chi connectivity index (χ2n) is 9.67. The third-order valence-electron chi connectivity index (χ3n) is 6.18. The molecule has 0 unspecified atom stereocenters. The van der Waals surface area contributed by atoms with Crippen molar-refractivity contribution in [3.8, 4) is 28.3 Å². The normalized spacial score (nSPS) is 16.2. The summed E-state index contributed by atoms with van der Waals surface area (Å²) in [5, 5.41) is 11.5. The predicted octanol–water partition coefficient (Wildman–Crippen LogP) is 6.72. The third kappa shape index (κ3) is 5.11. The third-order valence-corrected chi connectivity index (χ3v) is 6.76. The zero-order valence-corrected chi connectivity index (χ0v) is 21.7. The summed E-state index contributed by atoms with van der Waals surface area (Å²) in [6, 6.07) is 18.8. The Balaban J connectivity index is 1.60. The van der Waals surface area contributed by atoms with E-state index < -0.39 is 5.60 Å². The highest BCUT2D eigenvalue weighted by Crippen LogP contribution is 2.44. The van der Waals surface area contributed by atoms with Crippen molar-refractivity contribution in [3.63, 3.8) is 0 Å². The minimum Gasteiger partial charge on any atom is -0.471 e. The van der Waals surface area contributed by atoms with Crippen LogP contribution in [-0.4, -0.2) is 26.7 Å². The van der Waals surface area contributed by atoms with E-state index in [1.54, 1.807) is 0 Å². The molecule has 184 valence electrons. The number of pyridine rings is 1. The second kappa shape index (κ2) is 9.60. The number of benzene rings is 2. The summed E-state index contributed by atoms with van der Waals surface area (Å²) in [5.74, 6) is 0.373. The monoisotopic (exact) mass is 520 g/mol. The lowest BCUT2D eigenvalue weighted by molar-refractivity contribution is -0.121. The number of aromatic amines is 1. The number of ether oxygens (including phenoxy) is 1. The molecule has 1 aliphatic heterocycles. The lowest BCUT2D eigenvalue weighted by Crippen LogP contribution is -2.42. The van der Waals surface area contributed by atoms with E-state index in [9.17, 15) is 4.79 Å². The van der Waals surface area contributed by atoms with Gasteiger partial charge in [-0.3, -0.25) is 9.89 Å². The van der Waals surface area contributed by atoms with E-state index in [-0.39, 0.29) is 18.4 Å². The van der Waals surface area contributed by atoms with E-state index in [0.29, 0.717) is 33.7 Å². The Morgan fingerprint density at radius 1 is 1.11 bits per heavy atom. The molecule has 0 radical (unpaired) electrons. The average Bonchev–Trinajstić information content (AvgIpc) is 3.23. The minimum absolute atomic E-state index is 0.113. The molecular weight excluding hydrogens is 495 g/mol. The van der Waals surface area contributed by atoms with Crippen LogP contribution in [0.1, 0.15) is 43.3 Å². The van der Waals surface area contributed by atoms with Crippen LogP contribution in [0.4, 0.5) is 0 Å². The molecule has 0 bridgehead atoms. The van der Waals surface area contributed by atoms with Gasteiger partial charge in [0.1, 0.15) is 5.60 Å². The van der Waals surface area contributed by atoms with Crippen LogP contribution in [0.15, 0.2) is 60.7 Å². The zero-order valence-electron chi connectivity index (χ0n) is 20.2. The van der Waals surface area contributed by atoms with Gasteiger partial charge in [0.15, 0.2) is 0 Å². The fourth-order valence-corrected chi connectivity index (χ4v) is 4.91. The van der Waals surface area contributed by atoms with Crippen molar-refractivity contribution in [1.29, 1.82) is 0 Å². The molecule has 0 aliphatic carbocycles. The Morgan fingerprint density at radius 3 is 2.56 bits per heavy atom. The number of halogens is 2. The fourth-order valence-electron chi connectivity index (χ4n) is 4.56. The summed E-state index contributed by atoms with van der Waals surface area (Å²) in [5.41, 5.74) is 5.23. The standard InChI is InChI=1S/C28H26Cl2N4O2/c1-16-12-19(34-33-16)13-25(35)31-24-15-28(2,3)36-27-22(24)14-21(17-8-10-18(29)11-9-17)26(32-27)20-6-4-5-7-23(20)30/h4-12,14,24H,13,15H2,1-3H3,(H,31,35)(H,33,34)/t24-/m1/s1. The molecule has 5 rings (SSSR count). The van der Waals surface area contributed by atoms with E-state index in [2.05, 4.69) is 15.5 Å². The topological polar surface area (TPSA) is 79.9 Å². The summed E-state index contributed by atoms with van der Waals surface area (Å²) in [7, 11) is 0. The Morgan fingerprint density at radius 2 is 1.86 bits per heavy atom. The van der Waals surface area contributed by atoms with Crippen molar-refractivity contribution in [2.24, 2.45) is 0 Å². The summed E-state index contributed by atoms with van der Waals surface area (Å²) >= 11 is 12.8. The van der Waals surface area contributed by atoms with Crippen molar-refractivity contribution in [3.05, 3.63) is 87.7 Å². The molecule has 8 heteroatoms. The van der Waals surface area contributed by atoms with Gasteiger partial charge in [0.05, 0.1) is 23.9 Å². The Bertz CT molecular complexity index is 1430. The number of aromatic nitrogens is 3. The second-order valence-corrected chi connectivity index (χ2v) is 10.5. The van der Waals surface area contributed by atoms with Gasteiger partial charge in [-0.15, -0.1) is 0 Å². The number of carbonyl (C=O) groups is 1. The van der Waals surface area contributed by atoms with Crippen LogP contribution in [0.2, 0.25) is 10.0 Å². The maximum atomic E-state index is 13.0. The number of nitrogens with one attached hydrogen (secondary N) is 2. The molecular formula is C28H26Cl2N4O2. The fraction of sp³-hybridized carbons (Fsp3) is 0.250. The van der Waals surface area contributed by atoms with E-state index in [1.807, 2.05) is 81.4 Å². The lowest BCUT2D eigenvalue weighted by atomic mass is 9.88. The van der Waals surface area contributed by atoms with Crippen LogP contribution >= 0.6 is 23.2 Å². The number of H-pyrrole nitrogens is 1. The van der Waals surface area contributed by atoms with Crippen LogP contribution in [-0.2, 0) is 11.2 Å². The molecule has 1 atom stereocenters. The number of fused-ring (bicyclic) bond motifs is 1. The number of hydrogen-bond acceptors (Lipinski definition) is 4. The van der Waals surface area contributed by atoms with Crippen molar-refractivity contribution >= 4 is 29.1 Å². The maximum Gasteiger partial charge on any atom is 0.226 e. The molecule has 36 heavy (non-hydrogen) atoms. The largest absolute Gasteiger partial charge is 0.471 e. The number of aryl methyl sites for hydroxylation is 1. The van der Waals surface area contributed by atoms with Crippen LogP contribution < -0.4 is 10.1 Å². The van der Waals surface area contributed by atoms with Crippen LogP contribution in [0.5, 0.6) is 5.88 Å². The average molecular weight is 521 g/mol. The van der Waals surface area contributed by atoms with Gasteiger partial charge in [0.2, 0.25) is 11.8 Å². The van der Waals surface area contributed by atoms with Gasteiger partial charge in [-0.2, -0.15) is 5.10 Å². The van der Waals surface area contributed by atoms with E-state index >= 15 is 0 Å². The highest BCUT2D eigenvalue weighted by molar-refractivity contribution is 6.33. The van der Waals surface area contributed by atoms with Gasteiger partial charge in [0, 0.05) is 38.9 Å². The van der Waals surface area contributed by atoms with Crippen LogP contribution in [0.25, 0.3) is 22.4 Å². The Kier molecular flexibility index (Phi) is 6.49. The SMILES string of the molecule is Cc1cc(CC(=O)N[C@@H]2CC(C)(C)Oc3nc(-c4ccccc4Cl)c(-c4ccc(Cl)cc4)cc32)n[nH]1. The molecule has 0 saturated heterocycles. The first-order valence-electron chi connectivity index (χ1n) is 11.7. The van der Waals surface area contributed by atoms with Crippen LogP contribution in [0.3, 0.4) is 0 Å². The van der Waals surface area contributed by atoms with E-state index in [4.69, 9.17) is 32.9 Å². The number of rotatable bonds is 5. The summed E-state index contributed by atoms with van der Waals surface area (Å²) in [6.07, 6.45) is 0.783. The smallest absolute Gasteiger partial charge is 0.226 e. The summed E-state index contributed by atoms with van der Waals surface area (Å²) < 4.78 is 6.32. The molecule has 2 N–H and O–H groups in total. The zero-order chi connectivity index (χ0) is 25.4. The van der Waals surface area contributed by atoms with Crippen molar-refractivity contribution in [1.82, 2.24) is 20.5 Å². The molecule has 0 fully saturated rings. The first-order chi connectivity index (χ1) is 17.2. The number of nitrogens with zero attached hydrogens (tertiary/aromatic N) is 2. The number of carbonyl (C=O) groups excluding carboxylic acids is 1. The van der Waals surface area contributed by atoms with E-state index in [0.717, 1.165) is 27.9 Å². The maximum absolute atomic E-state index is 13.0. The summed E-state index contributed by atoms with van der Waals surface area (Å²) in [4.78, 5) is 18.0. The number of amides is 1. The predicted molar refractivity (Wildman–Crippen MR) is 142 cm³/mol. The van der Waals surface area contributed by atoms with Gasteiger partial charge in [-0.05, 0) is 56.7 Å². The molecule has 0 spiro atoms. The van der Waals surface area contributed by atoms with Gasteiger partial charge in [-0.1, -0.05) is 53.5 Å². The van der Waals surface area contributed by atoms with Gasteiger partial charge >= 0.3 is 0 Å². The molecule has 0 saturated carbocycles. The quantitative estimate of drug-likeness (QED) is 0.306. The molecule has 6 nitrogen and oxygen atoms in total. The Labute approximate surface area is 220 Å². The van der Waals surface area contributed by atoms with Crippen molar-refractivity contribution in [2.75, 3.05) is 0 Å². The van der Waals surface area contributed by atoms with Gasteiger partial charge in [-0.25, -0.2) is 4.98 Å². The molecule has 1 aliphatic rings. The highest BCUT2D eigenvalue weighted by Gasteiger charge is 2.37. The lowest BCUT2D eigenvalue weighted by Gasteiger charge is -2.37. The minimum atomic E-state index is -0.527. The van der Waals surface area contributed by atoms with Crippen molar-refractivity contribution in [2.45, 2.75) is 45.3 Å². The number of hydrogen-bond donors (Lipinski definition) is 2. The summed E-state index contributed by atoms with van der Waals surface area (Å²) in [6.45, 7) is 5.90. The molecule has 3 heterocycles. The van der Waals surface area contributed by atoms with Crippen molar-refractivity contribution < 1.29 is 9.53 Å². The molecule has 2 aromatic heterocycles. The molecule has 4 aromatic rings. The molecule has 1 amide bonds.